The molecule has 0 aromatic heterocycles. The first-order valence-corrected chi connectivity index (χ1v) is 6.95. The van der Waals surface area contributed by atoms with Crippen LogP contribution in [0.4, 0.5) is 0 Å². The third-order valence-corrected chi connectivity index (χ3v) is 3.11. The second-order valence-corrected chi connectivity index (χ2v) is 4.75. The molecule has 22 heavy (non-hydrogen) atoms. The number of ketones is 1. The number of allylic oxidation sites excluding steroid dienone is 2. The van der Waals surface area contributed by atoms with Crippen LogP contribution in [0.3, 0.4) is 0 Å². The SMILES string of the molecule is COc1cccc(C=CC(=O)C=Cc2cccc(CO)c2)c1. The van der Waals surface area contributed by atoms with E-state index in [0.717, 1.165) is 22.4 Å². The van der Waals surface area contributed by atoms with Crippen LogP contribution in [0, 0.1) is 0 Å². The van der Waals surface area contributed by atoms with E-state index in [1.54, 1.807) is 19.3 Å². The second-order valence-electron chi connectivity index (χ2n) is 4.75. The van der Waals surface area contributed by atoms with Crippen molar-refractivity contribution >= 4 is 17.9 Å². The van der Waals surface area contributed by atoms with Crippen molar-refractivity contribution < 1.29 is 14.6 Å². The van der Waals surface area contributed by atoms with Crippen LogP contribution in [0.5, 0.6) is 5.75 Å². The first-order chi connectivity index (χ1) is 10.7. The standard InChI is InChI=1S/C19H18O3/c1-22-19-7-3-5-16(13-19)9-11-18(21)10-8-15-4-2-6-17(12-15)14-20/h2-13,20H,14H2,1H3. The van der Waals surface area contributed by atoms with Gasteiger partial charge < -0.3 is 9.84 Å². The molecule has 0 spiro atoms. The Bertz CT molecular complexity index is 640. The first kappa shape index (κ1) is 15.7. The predicted molar refractivity (Wildman–Crippen MR) is 88.4 cm³/mol. The summed E-state index contributed by atoms with van der Waals surface area (Å²) in [5.41, 5.74) is 2.61. The maximum absolute atomic E-state index is 11.8. The van der Waals surface area contributed by atoms with E-state index in [4.69, 9.17) is 9.84 Å². The van der Waals surface area contributed by atoms with Crippen LogP contribution in [-0.4, -0.2) is 18.0 Å². The highest BCUT2D eigenvalue weighted by Crippen LogP contribution is 2.13. The fourth-order valence-corrected chi connectivity index (χ4v) is 1.95. The Morgan fingerprint density at radius 2 is 1.68 bits per heavy atom. The number of hydrogen-bond acceptors (Lipinski definition) is 3. The van der Waals surface area contributed by atoms with Crippen molar-refractivity contribution in [1.29, 1.82) is 0 Å². The van der Waals surface area contributed by atoms with Gasteiger partial charge in [-0.25, -0.2) is 0 Å². The van der Waals surface area contributed by atoms with E-state index >= 15 is 0 Å². The molecule has 0 bridgehead atoms. The summed E-state index contributed by atoms with van der Waals surface area (Å²) in [5.74, 6) is 0.656. The van der Waals surface area contributed by atoms with Gasteiger partial charge in [0.05, 0.1) is 13.7 Å². The van der Waals surface area contributed by atoms with Crippen LogP contribution in [0.25, 0.3) is 12.2 Å². The summed E-state index contributed by atoms with van der Waals surface area (Å²) < 4.78 is 5.14. The lowest BCUT2D eigenvalue weighted by Gasteiger charge is -1.99. The van der Waals surface area contributed by atoms with Gasteiger partial charge in [0.15, 0.2) is 5.78 Å². The lowest BCUT2D eigenvalue weighted by molar-refractivity contribution is -0.110. The minimum absolute atomic E-state index is 0.00856. The topological polar surface area (TPSA) is 46.5 Å². The Morgan fingerprint density at radius 1 is 1.05 bits per heavy atom. The molecular weight excluding hydrogens is 276 g/mol. The van der Waals surface area contributed by atoms with Crippen LogP contribution in [0.2, 0.25) is 0 Å². The van der Waals surface area contributed by atoms with Crippen molar-refractivity contribution in [3.63, 3.8) is 0 Å². The maximum Gasteiger partial charge on any atom is 0.178 e. The van der Waals surface area contributed by atoms with Gasteiger partial charge in [-0.15, -0.1) is 0 Å². The first-order valence-electron chi connectivity index (χ1n) is 6.95. The van der Waals surface area contributed by atoms with Crippen molar-refractivity contribution in [2.24, 2.45) is 0 Å². The van der Waals surface area contributed by atoms with Crippen molar-refractivity contribution in [3.8, 4) is 5.75 Å². The molecule has 0 heterocycles. The minimum atomic E-state index is -0.0998. The summed E-state index contributed by atoms with van der Waals surface area (Å²) >= 11 is 0. The number of rotatable bonds is 6. The van der Waals surface area contributed by atoms with Gasteiger partial charge in [0.25, 0.3) is 0 Å². The fourth-order valence-electron chi connectivity index (χ4n) is 1.95. The van der Waals surface area contributed by atoms with Crippen molar-refractivity contribution in [2.45, 2.75) is 6.61 Å². The average Bonchev–Trinajstić information content (AvgIpc) is 2.58. The van der Waals surface area contributed by atoms with Crippen molar-refractivity contribution in [1.82, 2.24) is 0 Å². The molecule has 0 amide bonds. The Kier molecular flexibility index (Phi) is 5.69. The van der Waals surface area contributed by atoms with Gasteiger partial charge in [-0.05, 0) is 47.0 Å². The average molecular weight is 294 g/mol. The highest BCUT2D eigenvalue weighted by molar-refractivity contribution is 6.04. The molecule has 0 aliphatic carbocycles. The van der Waals surface area contributed by atoms with Crippen molar-refractivity contribution in [3.05, 3.63) is 77.4 Å². The zero-order valence-electron chi connectivity index (χ0n) is 12.4. The van der Waals surface area contributed by atoms with Crippen LogP contribution < -0.4 is 4.74 Å². The number of hydrogen-bond donors (Lipinski definition) is 1. The summed E-state index contributed by atoms with van der Waals surface area (Å²) in [6, 6.07) is 14.9. The number of carbonyl (C=O) groups is 1. The largest absolute Gasteiger partial charge is 0.497 e. The third-order valence-electron chi connectivity index (χ3n) is 3.11. The highest BCUT2D eigenvalue weighted by atomic mass is 16.5. The molecule has 0 radical (unpaired) electrons. The van der Waals surface area contributed by atoms with E-state index in [0.29, 0.717) is 0 Å². The van der Waals surface area contributed by atoms with E-state index < -0.39 is 0 Å². The summed E-state index contributed by atoms with van der Waals surface area (Å²) in [4.78, 5) is 11.8. The van der Waals surface area contributed by atoms with Gasteiger partial charge in [-0.3, -0.25) is 4.79 Å². The lowest BCUT2D eigenvalue weighted by Crippen LogP contribution is -1.87. The van der Waals surface area contributed by atoms with Gasteiger partial charge >= 0.3 is 0 Å². The number of aliphatic hydroxyl groups is 1. The smallest absolute Gasteiger partial charge is 0.178 e. The van der Waals surface area contributed by atoms with E-state index in [1.807, 2.05) is 48.5 Å². The van der Waals surface area contributed by atoms with Gasteiger partial charge in [0.1, 0.15) is 5.75 Å². The molecular formula is C19H18O3. The maximum atomic E-state index is 11.8. The quantitative estimate of drug-likeness (QED) is 0.830. The van der Waals surface area contributed by atoms with E-state index in [9.17, 15) is 4.79 Å². The highest BCUT2D eigenvalue weighted by Gasteiger charge is 1.95. The van der Waals surface area contributed by atoms with Crippen LogP contribution in [0.15, 0.2) is 60.7 Å². The Labute approximate surface area is 130 Å². The number of carbonyl (C=O) groups excluding carboxylic acids is 1. The molecule has 1 N–H and O–H groups in total. The van der Waals surface area contributed by atoms with Crippen LogP contribution in [0.1, 0.15) is 16.7 Å². The molecule has 3 heteroatoms. The van der Waals surface area contributed by atoms with Gasteiger partial charge in [-0.1, -0.05) is 42.5 Å². The van der Waals surface area contributed by atoms with E-state index in [-0.39, 0.29) is 12.4 Å². The van der Waals surface area contributed by atoms with Gasteiger partial charge in [0, 0.05) is 0 Å². The number of benzene rings is 2. The molecule has 0 fully saturated rings. The summed E-state index contributed by atoms with van der Waals surface area (Å²) in [6.07, 6.45) is 6.51. The lowest BCUT2D eigenvalue weighted by atomic mass is 10.1. The molecule has 2 rings (SSSR count). The molecule has 0 saturated carbocycles. The Morgan fingerprint density at radius 3 is 2.32 bits per heavy atom. The van der Waals surface area contributed by atoms with Gasteiger partial charge in [0.2, 0.25) is 0 Å². The molecule has 0 saturated heterocycles. The molecule has 0 atom stereocenters. The minimum Gasteiger partial charge on any atom is -0.497 e. The molecule has 0 aliphatic rings. The van der Waals surface area contributed by atoms with E-state index in [1.165, 1.54) is 12.2 Å². The fraction of sp³-hybridized carbons (Fsp3) is 0.105. The molecule has 3 nitrogen and oxygen atoms in total. The summed E-state index contributed by atoms with van der Waals surface area (Å²) in [5, 5.41) is 9.08. The summed E-state index contributed by atoms with van der Waals surface area (Å²) in [7, 11) is 1.61. The van der Waals surface area contributed by atoms with Crippen LogP contribution in [-0.2, 0) is 11.4 Å². The zero-order valence-corrected chi connectivity index (χ0v) is 12.4. The monoisotopic (exact) mass is 294 g/mol. The van der Waals surface area contributed by atoms with Crippen molar-refractivity contribution in [2.75, 3.05) is 7.11 Å². The third kappa shape index (κ3) is 4.72. The second kappa shape index (κ2) is 7.96. The molecule has 2 aromatic carbocycles. The Balaban J connectivity index is 2.02. The molecule has 0 aliphatic heterocycles. The molecule has 0 unspecified atom stereocenters. The van der Waals surface area contributed by atoms with Crippen LogP contribution >= 0.6 is 0 Å². The summed E-state index contributed by atoms with van der Waals surface area (Å²) in [6.45, 7) is -0.00856. The molecule has 2 aromatic rings. The predicted octanol–water partition coefficient (Wildman–Crippen LogP) is 3.48. The molecule has 112 valence electrons. The number of aliphatic hydroxyl groups excluding tert-OH is 1. The Hall–Kier alpha value is -2.65. The normalized spacial score (nSPS) is 11.2. The van der Waals surface area contributed by atoms with E-state index in [2.05, 4.69) is 0 Å². The number of ether oxygens (including phenoxy) is 1. The number of methoxy groups -OCH3 is 1. The van der Waals surface area contributed by atoms with Gasteiger partial charge in [-0.2, -0.15) is 0 Å². The zero-order chi connectivity index (χ0) is 15.8.